The number of aromatic carboxylic acids is 1. The minimum atomic E-state index is -1.00. The van der Waals surface area contributed by atoms with Crippen molar-refractivity contribution in [2.75, 3.05) is 7.11 Å². The fraction of sp³-hybridized carbons (Fsp3) is 0.0667. The third kappa shape index (κ3) is 1.99. The highest BCUT2D eigenvalue weighted by molar-refractivity contribution is 5.89. The van der Waals surface area contributed by atoms with Gasteiger partial charge in [0.15, 0.2) is 17.1 Å². The number of fused-ring (bicyclic) bond motifs is 1. The second kappa shape index (κ2) is 4.70. The Bertz CT molecular complexity index is 774. The number of pyridine rings is 1. The minimum absolute atomic E-state index is 0.141. The molecule has 0 spiro atoms. The van der Waals surface area contributed by atoms with Crippen molar-refractivity contribution < 1.29 is 19.1 Å². The Balaban J connectivity index is 2.08. The number of para-hydroxylation sites is 1. The third-order valence-electron chi connectivity index (χ3n) is 2.99. The van der Waals surface area contributed by atoms with Gasteiger partial charge in [-0.1, -0.05) is 12.1 Å². The normalized spacial score (nSPS) is 10.7. The molecule has 2 heterocycles. The number of rotatable bonds is 3. The Kier molecular flexibility index (Phi) is 2.87. The number of nitrogens with zero attached hydrogens (tertiary/aromatic N) is 1. The number of carboxylic acids is 1. The number of hydrogen-bond acceptors (Lipinski definition) is 4. The smallest absolute Gasteiger partial charge is 0.337 e. The lowest BCUT2D eigenvalue weighted by Gasteiger charge is -1.99. The van der Waals surface area contributed by atoms with Crippen molar-refractivity contribution in [1.29, 1.82) is 0 Å². The molecule has 0 saturated heterocycles. The molecule has 0 bridgehead atoms. The van der Waals surface area contributed by atoms with Crippen LogP contribution in [0.1, 0.15) is 10.4 Å². The molecule has 0 saturated carbocycles. The monoisotopic (exact) mass is 269 g/mol. The van der Waals surface area contributed by atoms with Gasteiger partial charge in [-0.15, -0.1) is 0 Å². The number of furan rings is 1. The molecular weight excluding hydrogens is 258 g/mol. The number of carboxylic acid groups (broad SMARTS) is 1. The zero-order valence-electron chi connectivity index (χ0n) is 10.7. The van der Waals surface area contributed by atoms with E-state index in [2.05, 4.69) is 4.98 Å². The van der Waals surface area contributed by atoms with Gasteiger partial charge in [-0.25, -0.2) is 4.79 Å². The minimum Gasteiger partial charge on any atom is -0.493 e. The van der Waals surface area contributed by atoms with Crippen LogP contribution in [0.2, 0.25) is 0 Å². The van der Waals surface area contributed by atoms with Gasteiger partial charge in [0.1, 0.15) is 5.69 Å². The van der Waals surface area contributed by atoms with Gasteiger partial charge in [-0.3, -0.25) is 4.98 Å². The molecule has 20 heavy (non-hydrogen) atoms. The van der Waals surface area contributed by atoms with Gasteiger partial charge in [-0.05, 0) is 24.3 Å². The van der Waals surface area contributed by atoms with E-state index in [1.807, 2.05) is 24.3 Å². The molecule has 3 aromatic rings. The van der Waals surface area contributed by atoms with Crippen molar-refractivity contribution in [3.05, 3.63) is 48.2 Å². The highest BCUT2D eigenvalue weighted by atomic mass is 16.5. The summed E-state index contributed by atoms with van der Waals surface area (Å²) in [5.41, 5.74) is 1.37. The molecular formula is C15H11NO4. The SMILES string of the molecule is COc1cccc2cc(-c3ccc(C(=O)O)cn3)oc12. The average Bonchev–Trinajstić information content (AvgIpc) is 2.91. The van der Waals surface area contributed by atoms with Crippen molar-refractivity contribution >= 4 is 16.9 Å². The molecule has 0 fully saturated rings. The molecule has 3 rings (SSSR count). The van der Waals surface area contributed by atoms with Crippen LogP contribution in [0.4, 0.5) is 0 Å². The molecule has 100 valence electrons. The van der Waals surface area contributed by atoms with Crippen LogP contribution < -0.4 is 4.74 Å². The summed E-state index contributed by atoms with van der Waals surface area (Å²) in [5, 5.41) is 9.75. The van der Waals surface area contributed by atoms with Crippen LogP contribution in [-0.4, -0.2) is 23.2 Å². The molecule has 5 nitrogen and oxygen atoms in total. The van der Waals surface area contributed by atoms with E-state index in [1.54, 1.807) is 13.2 Å². The van der Waals surface area contributed by atoms with Crippen molar-refractivity contribution in [1.82, 2.24) is 4.98 Å². The average molecular weight is 269 g/mol. The lowest BCUT2D eigenvalue weighted by Crippen LogP contribution is -1.96. The largest absolute Gasteiger partial charge is 0.493 e. The van der Waals surface area contributed by atoms with E-state index in [0.717, 1.165) is 5.39 Å². The topological polar surface area (TPSA) is 72.6 Å². The molecule has 5 heteroatoms. The van der Waals surface area contributed by atoms with Gasteiger partial charge in [0.05, 0.1) is 12.7 Å². The summed E-state index contributed by atoms with van der Waals surface area (Å²) in [7, 11) is 1.58. The van der Waals surface area contributed by atoms with Crippen molar-refractivity contribution in [2.24, 2.45) is 0 Å². The fourth-order valence-electron chi connectivity index (χ4n) is 1.99. The zero-order chi connectivity index (χ0) is 14.1. The van der Waals surface area contributed by atoms with Gasteiger partial charge < -0.3 is 14.3 Å². The lowest BCUT2D eigenvalue weighted by atomic mass is 10.2. The Morgan fingerprint density at radius 1 is 1.30 bits per heavy atom. The second-order valence-electron chi connectivity index (χ2n) is 4.23. The summed E-state index contributed by atoms with van der Waals surface area (Å²) in [6.07, 6.45) is 1.31. The molecule has 2 aromatic heterocycles. The predicted octanol–water partition coefficient (Wildman–Crippen LogP) is 3.20. The number of ether oxygens (including phenoxy) is 1. The number of aromatic nitrogens is 1. The van der Waals surface area contributed by atoms with Crippen molar-refractivity contribution in [3.8, 4) is 17.2 Å². The van der Waals surface area contributed by atoms with E-state index in [0.29, 0.717) is 22.8 Å². The molecule has 0 aliphatic carbocycles. The second-order valence-corrected chi connectivity index (χ2v) is 4.23. The van der Waals surface area contributed by atoms with E-state index in [1.165, 1.54) is 12.3 Å². The van der Waals surface area contributed by atoms with Crippen LogP contribution in [0, 0.1) is 0 Å². The van der Waals surface area contributed by atoms with Gasteiger partial charge in [0, 0.05) is 11.6 Å². The van der Waals surface area contributed by atoms with Crippen molar-refractivity contribution in [3.63, 3.8) is 0 Å². The molecule has 1 N–H and O–H groups in total. The molecule has 0 amide bonds. The molecule has 0 aliphatic heterocycles. The molecule has 0 unspecified atom stereocenters. The fourth-order valence-corrected chi connectivity index (χ4v) is 1.99. The van der Waals surface area contributed by atoms with Gasteiger partial charge in [0.25, 0.3) is 0 Å². The quantitative estimate of drug-likeness (QED) is 0.790. The highest BCUT2D eigenvalue weighted by Crippen LogP contribution is 2.32. The maximum Gasteiger partial charge on any atom is 0.337 e. The van der Waals surface area contributed by atoms with Gasteiger partial charge in [0.2, 0.25) is 0 Å². The van der Waals surface area contributed by atoms with Gasteiger partial charge >= 0.3 is 5.97 Å². The van der Waals surface area contributed by atoms with Crippen LogP contribution in [0.25, 0.3) is 22.4 Å². The van der Waals surface area contributed by atoms with Crippen molar-refractivity contribution in [2.45, 2.75) is 0 Å². The summed E-state index contributed by atoms with van der Waals surface area (Å²) in [6, 6.07) is 10.6. The Morgan fingerprint density at radius 2 is 2.15 bits per heavy atom. The Hall–Kier alpha value is -2.82. The van der Waals surface area contributed by atoms with Crippen LogP contribution >= 0.6 is 0 Å². The first-order valence-electron chi connectivity index (χ1n) is 5.95. The van der Waals surface area contributed by atoms with Crippen LogP contribution in [0.15, 0.2) is 47.0 Å². The molecule has 0 aliphatic rings. The van der Waals surface area contributed by atoms with Crippen LogP contribution in [0.3, 0.4) is 0 Å². The van der Waals surface area contributed by atoms with Crippen LogP contribution in [-0.2, 0) is 0 Å². The molecule has 1 aromatic carbocycles. The standard InChI is InChI=1S/C15H11NO4/c1-19-12-4-2-3-9-7-13(20-14(9)12)11-6-5-10(8-16-11)15(17)18/h2-8H,1H3,(H,17,18). The van der Waals surface area contributed by atoms with E-state index in [-0.39, 0.29) is 5.56 Å². The number of hydrogen-bond donors (Lipinski definition) is 1. The highest BCUT2D eigenvalue weighted by Gasteiger charge is 2.11. The van der Waals surface area contributed by atoms with E-state index in [4.69, 9.17) is 14.3 Å². The molecule has 0 atom stereocenters. The van der Waals surface area contributed by atoms with E-state index in [9.17, 15) is 4.79 Å². The first-order chi connectivity index (χ1) is 9.69. The number of carbonyl (C=O) groups is 1. The maximum atomic E-state index is 10.8. The number of benzene rings is 1. The summed E-state index contributed by atoms with van der Waals surface area (Å²) in [5.74, 6) is 0.215. The Labute approximate surface area is 114 Å². The number of methoxy groups -OCH3 is 1. The maximum absolute atomic E-state index is 10.8. The first kappa shape index (κ1) is 12.2. The summed E-state index contributed by atoms with van der Waals surface area (Å²) >= 11 is 0. The van der Waals surface area contributed by atoms with E-state index >= 15 is 0 Å². The summed E-state index contributed by atoms with van der Waals surface area (Å²) in [4.78, 5) is 14.9. The summed E-state index contributed by atoms with van der Waals surface area (Å²) in [6.45, 7) is 0. The Morgan fingerprint density at radius 3 is 2.80 bits per heavy atom. The summed E-state index contributed by atoms with van der Waals surface area (Å²) < 4.78 is 11.0. The van der Waals surface area contributed by atoms with E-state index < -0.39 is 5.97 Å². The first-order valence-corrected chi connectivity index (χ1v) is 5.95. The zero-order valence-corrected chi connectivity index (χ0v) is 10.7. The predicted molar refractivity (Wildman–Crippen MR) is 73.0 cm³/mol. The van der Waals surface area contributed by atoms with Gasteiger partial charge in [-0.2, -0.15) is 0 Å². The molecule has 0 radical (unpaired) electrons. The third-order valence-corrected chi connectivity index (χ3v) is 2.99. The lowest BCUT2D eigenvalue weighted by molar-refractivity contribution is 0.0696. The van der Waals surface area contributed by atoms with Crippen LogP contribution in [0.5, 0.6) is 5.75 Å².